The number of amides is 1. The molecule has 6 nitrogen and oxygen atoms in total. The highest BCUT2D eigenvalue weighted by Gasteiger charge is 2.11. The highest BCUT2D eigenvalue weighted by molar-refractivity contribution is 6.31. The molecule has 2 aromatic carbocycles. The highest BCUT2D eigenvalue weighted by atomic mass is 35.5. The number of benzene rings is 2. The molecule has 0 saturated carbocycles. The summed E-state index contributed by atoms with van der Waals surface area (Å²) in [6.45, 7) is 1.89. The van der Waals surface area contributed by atoms with Crippen LogP contribution >= 0.6 is 11.6 Å². The van der Waals surface area contributed by atoms with E-state index in [1.165, 1.54) is 6.20 Å². The Morgan fingerprint density at radius 1 is 1.12 bits per heavy atom. The van der Waals surface area contributed by atoms with Gasteiger partial charge in [-0.05, 0) is 55.0 Å². The average Bonchev–Trinajstić information content (AvgIpc) is 2.65. The van der Waals surface area contributed by atoms with E-state index in [-0.39, 0.29) is 11.6 Å². The van der Waals surface area contributed by atoms with Gasteiger partial charge in [0.2, 0.25) is 5.95 Å². The van der Waals surface area contributed by atoms with Gasteiger partial charge in [0.1, 0.15) is 11.4 Å². The van der Waals surface area contributed by atoms with Gasteiger partial charge in [0, 0.05) is 22.6 Å². The van der Waals surface area contributed by atoms with Crippen LogP contribution in [0.3, 0.4) is 0 Å². The number of aryl methyl sites for hydroxylation is 1. The largest absolute Gasteiger partial charge is 0.497 e. The van der Waals surface area contributed by atoms with E-state index in [2.05, 4.69) is 20.6 Å². The maximum Gasteiger partial charge on any atom is 0.274 e. The van der Waals surface area contributed by atoms with Crippen molar-refractivity contribution in [2.75, 3.05) is 17.7 Å². The molecule has 0 radical (unpaired) electrons. The minimum atomic E-state index is -0.337. The molecular weight excluding hydrogens is 352 g/mol. The minimum absolute atomic E-state index is 0.246. The van der Waals surface area contributed by atoms with Gasteiger partial charge in [-0.15, -0.1) is 0 Å². The van der Waals surface area contributed by atoms with Gasteiger partial charge in [-0.3, -0.25) is 4.79 Å². The molecule has 0 aliphatic carbocycles. The summed E-state index contributed by atoms with van der Waals surface area (Å²) in [4.78, 5) is 20.9. The molecule has 1 aromatic heterocycles. The van der Waals surface area contributed by atoms with Crippen LogP contribution in [0.25, 0.3) is 0 Å². The van der Waals surface area contributed by atoms with Crippen molar-refractivity contribution in [1.29, 1.82) is 0 Å². The summed E-state index contributed by atoms with van der Waals surface area (Å²) in [5.74, 6) is 0.739. The number of rotatable bonds is 5. The summed E-state index contributed by atoms with van der Waals surface area (Å²) in [6, 6.07) is 14.2. The molecule has 7 heteroatoms. The van der Waals surface area contributed by atoms with Gasteiger partial charge < -0.3 is 15.4 Å². The van der Waals surface area contributed by atoms with Gasteiger partial charge in [0.05, 0.1) is 7.11 Å². The first kappa shape index (κ1) is 17.7. The molecule has 1 amide bonds. The fourth-order valence-corrected chi connectivity index (χ4v) is 2.44. The number of carbonyl (C=O) groups is 1. The molecule has 2 N–H and O–H groups in total. The van der Waals surface area contributed by atoms with Crippen LogP contribution in [-0.4, -0.2) is 23.0 Å². The highest BCUT2D eigenvalue weighted by Crippen LogP contribution is 2.21. The standard InChI is InChI=1S/C19H17ClN4O2/c1-12-3-4-13(20)11-17(12)23-18(25)16-9-10-21-19(24-16)22-14-5-7-15(26-2)8-6-14/h3-11H,1-2H3,(H,23,25)(H,21,22,24). The number of aromatic nitrogens is 2. The molecule has 3 aromatic rings. The van der Waals surface area contributed by atoms with Gasteiger partial charge >= 0.3 is 0 Å². The lowest BCUT2D eigenvalue weighted by molar-refractivity contribution is 0.102. The molecule has 0 saturated heterocycles. The number of carbonyl (C=O) groups excluding carboxylic acids is 1. The molecule has 0 fully saturated rings. The number of halogens is 1. The van der Waals surface area contributed by atoms with Crippen LogP contribution in [0.4, 0.5) is 17.3 Å². The van der Waals surface area contributed by atoms with E-state index in [4.69, 9.17) is 16.3 Å². The smallest absolute Gasteiger partial charge is 0.274 e. The summed E-state index contributed by atoms with van der Waals surface area (Å²) in [5.41, 5.74) is 2.59. The van der Waals surface area contributed by atoms with Crippen molar-refractivity contribution in [2.24, 2.45) is 0 Å². The molecule has 0 atom stereocenters. The lowest BCUT2D eigenvalue weighted by Crippen LogP contribution is -2.15. The monoisotopic (exact) mass is 368 g/mol. The van der Waals surface area contributed by atoms with Crippen LogP contribution in [0, 0.1) is 6.92 Å². The summed E-state index contributed by atoms with van der Waals surface area (Å²) in [5, 5.41) is 6.42. The van der Waals surface area contributed by atoms with Crippen LogP contribution in [0.1, 0.15) is 16.1 Å². The van der Waals surface area contributed by atoms with Crippen molar-refractivity contribution in [2.45, 2.75) is 6.92 Å². The SMILES string of the molecule is COc1ccc(Nc2nccc(C(=O)Nc3cc(Cl)ccc3C)n2)cc1. The van der Waals surface area contributed by atoms with E-state index in [1.807, 2.05) is 37.3 Å². The van der Waals surface area contributed by atoms with E-state index in [9.17, 15) is 4.79 Å². The lowest BCUT2D eigenvalue weighted by Gasteiger charge is -2.10. The van der Waals surface area contributed by atoms with E-state index >= 15 is 0 Å². The number of nitrogens with one attached hydrogen (secondary N) is 2. The van der Waals surface area contributed by atoms with Crippen molar-refractivity contribution in [3.8, 4) is 5.75 Å². The normalized spacial score (nSPS) is 10.3. The number of anilines is 3. The fourth-order valence-electron chi connectivity index (χ4n) is 2.26. The van der Waals surface area contributed by atoms with E-state index in [1.54, 1.807) is 25.3 Å². The van der Waals surface area contributed by atoms with Crippen molar-refractivity contribution >= 4 is 34.8 Å². The zero-order valence-electron chi connectivity index (χ0n) is 14.3. The molecule has 1 heterocycles. The fraction of sp³-hybridized carbons (Fsp3) is 0.105. The van der Waals surface area contributed by atoms with Crippen molar-refractivity contribution in [3.05, 3.63) is 71.0 Å². The Hall–Kier alpha value is -3.12. The zero-order chi connectivity index (χ0) is 18.5. The number of nitrogens with zero attached hydrogens (tertiary/aromatic N) is 2. The number of hydrogen-bond acceptors (Lipinski definition) is 5. The Bertz CT molecular complexity index is 929. The molecule has 132 valence electrons. The van der Waals surface area contributed by atoms with Crippen LogP contribution < -0.4 is 15.4 Å². The van der Waals surface area contributed by atoms with Crippen LogP contribution in [-0.2, 0) is 0 Å². The Kier molecular flexibility index (Phi) is 5.34. The summed E-state index contributed by atoms with van der Waals surface area (Å²) >= 11 is 5.99. The molecule has 0 aliphatic rings. The molecular formula is C19H17ClN4O2. The third-order valence-electron chi connectivity index (χ3n) is 3.68. The van der Waals surface area contributed by atoms with Gasteiger partial charge in [0.15, 0.2) is 0 Å². The predicted molar refractivity (Wildman–Crippen MR) is 102 cm³/mol. The quantitative estimate of drug-likeness (QED) is 0.696. The van der Waals surface area contributed by atoms with E-state index < -0.39 is 0 Å². The minimum Gasteiger partial charge on any atom is -0.497 e. The molecule has 0 bridgehead atoms. The Morgan fingerprint density at radius 2 is 1.88 bits per heavy atom. The Labute approximate surface area is 156 Å². The molecule has 26 heavy (non-hydrogen) atoms. The molecule has 0 aliphatic heterocycles. The van der Waals surface area contributed by atoms with E-state index in [0.717, 1.165) is 17.0 Å². The van der Waals surface area contributed by atoms with Gasteiger partial charge in [-0.2, -0.15) is 0 Å². The van der Waals surface area contributed by atoms with Crippen molar-refractivity contribution < 1.29 is 9.53 Å². The second-order valence-corrected chi connectivity index (χ2v) is 5.97. The second-order valence-electron chi connectivity index (χ2n) is 5.53. The topological polar surface area (TPSA) is 76.1 Å². The maximum absolute atomic E-state index is 12.5. The van der Waals surface area contributed by atoms with E-state index in [0.29, 0.717) is 16.7 Å². The Morgan fingerprint density at radius 3 is 2.62 bits per heavy atom. The Balaban J connectivity index is 1.75. The molecule has 3 rings (SSSR count). The summed E-state index contributed by atoms with van der Waals surface area (Å²) in [7, 11) is 1.61. The first-order valence-corrected chi connectivity index (χ1v) is 8.24. The second kappa shape index (κ2) is 7.84. The van der Waals surface area contributed by atoms with Crippen LogP contribution in [0.15, 0.2) is 54.7 Å². The third kappa shape index (κ3) is 4.29. The van der Waals surface area contributed by atoms with Gasteiger partial charge in [0.25, 0.3) is 5.91 Å². The average molecular weight is 369 g/mol. The van der Waals surface area contributed by atoms with Gasteiger partial charge in [-0.25, -0.2) is 9.97 Å². The molecule has 0 spiro atoms. The number of ether oxygens (including phenoxy) is 1. The zero-order valence-corrected chi connectivity index (χ0v) is 15.0. The predicted octanol–water partition coefficient (Wildman–Crippen LogP) is 4.44. The van der Waals surface area contributed by atoms with Crippen molar-refractivity contribution in [3.63, 3.8) is 0 Å². The number of hydrogen-bond donors (Lipinski definition) is 2. The van der Waals surface area contributed by atoms with Crippen molar-refractivity contribution in [1.82, 2.24) is 9.97 Å². The van der Waals surface area contributed by atoms with Gasteiger partial charge in [-0.1, -0.05) is 17.7 Å². The third-order valence-corrected chi connectivity index (χ3v) is 3.92. The maximum atomic E-state index is 12.5. The van der Waals surface area contributed by atoms with Crippen LogP contribution in [0.2, 0.25) is 5.02 Å². The van der Waals surface area contributed by atoms with Crippen LogP contribution in [0.5, 0.6) is 5.75 Å². The first-order valence-electron chi connectivity index (χ1n) is 7.87. The summed E-state index contributed by atoms with van der Waals surface area (Å²) in [6.07, 6.45) is 1.53. The lowest BCUT2D eigenvalue weighted by atomic mass is 10.2. The number of methoxy groups -OCH3 is 1. The summed E-state index contributed by atoms with van der Waals surface area (Å²) < 4.78 is 5.12. The first-order chi connectivity index (χ1) is 12.5. The molecule has 0 unspecified atom stereocenters.